The van der Waals surface area contributed by atoms with E-state index in [9.17, 15) is 9.59 Å². The number of thiophene rings is 2. The van der Waals surface area contributed by atoms with Crippen LogP contribution >= 0.6 is 22.7 Å². The van der Waals surface area contributed by atoms with Crippen molar-refractivity contribution in [3.63, 3.8) is 0 Å². The Kier molecular flexibility index (Phi) is 3.08. The fourth-order valence-electron chi connectivity index (χ4n) is 1.33. The Labute approximate surface area is 95.2 Å². The molecule has 15 heavy (non-hydrogen) atoms. The van der Waals surface area contributed by atoms with Crippen LogP contribution in [0.3, 0.4) is 0 Å². The molecule has 2 aromatic rings. The van der Waals surface area contributed by atoms with Crippen LogP contribution in [0.4, 0.5) is 0 Å². The lowest BCUT2D eigenvalue weighted by Gasteiger charge is -1.91. The van der Waals surface area contributed by atoms with Gasteiger partial charge in [0.1, 0.15) is 0 Å². The van der Waals surface area contributed by atoms with Crippen LogP contribution in [0.15, 0.2) is 22.9 Å². The molecule has 0 saturated heterocycles. The van der Waals surface area contributed by atoms with Crippen molar-refractivity contribution in [1.82, 2.24) is 0 Å². The van der Waals surface area contributed by atoms with Crippen LogP contribution in [0.2, 0.25) is 0 Å². The molecule has 0 amide bonds. The molecule has 0 bridgehead atoms. The summed E-state index contributed by atoms with van der Waals surface area (Å²) in [7, 11) is 0. The highest BCUT2D eigenvalue weighted by Gasteiger charge is 2.03. The van der Waals surface area contributed by atoms with E-state index in [-0.39, 0.29) is 0 Å². The van der Waals surface area contributed by atoms with Gasteiger partial charge in [-0.2, -0.15) is 0 Å². The number of hydrogen-bond donors (Lipinski definition) is 0. The van der Waals surface area contributed by atoms with Crippen molar-refractivity contribution in [2.75, 3.05) is 0 Å². The van der Waals surface area contributed by atoms with Gasteiger partial charge >= 0.3 is 0 Å². The maximum absolute atomic E-state index is 10.5. The molecule has 2 rings (SSSR count). The van der Waals surface area contributed by atoms with Gasteiger partial charge in [0.15, 0.2) is 12.6 Å². The summed E-state index contributed by atoms with van der Waals surface area (Å²) in [6.07, 6.45) is 2.51. The Hall–Kier alpha value is -1.26. The van der Waals surface area contributed by atoms with Crippen molar-refractivity contribution in [1.29, 1.82) is 0 Å². The maximum Gasteiger partial charge on any atom is 0.160 e. The first-order valence-electron chi connectivity index (χ1n) is 4.37. The van der Waals surface area contributed by atoms with Crippen molar-refractivity contribution < 1.29 is 9.59 Å². The average Bonchev–Trinajstić information content (AvgIpc) is 2.87. The molecule has 2 aromatic heterocycles. The van der Waals surface area contributed by atoms with E-state index in [2.05, 4.69) is 0 Å². The quantitative estimate of drug-likeness (QED) is 0.765. The van der Waals surface area contributed by atoms with Crippen LogP contribution in [0, 0.1) is 0 Å². The van der Waals surface area contributed by atoms with Crippen LogP contribution < -0.4 is 0 Å². The van der Waals surface area contributed by atoms with E-state index in [0.29, 0.717) is 0 Å². The van der Waals surface area contributed by atoms with Gasteiger partial charge in [-0.25, -0.2) is 0 Å². The molecule has 0 radical (unpaired) electrons. The van der Waals surface area contributed by atoms with Gasteiger partial charge in [0.05, 0.1) is 9.75 Å². The molecule has 0 atom stereocenters. The molecular weight excluding hydrogens is 228 g/mol. The topological polar surface area (TPSA) is 34.1 Å². The molecule has 0 aromatic carbocycles. The molecule has 2 heterocycles. The minimum atomic E-state index is 0.746. The molecule has 0 fully saturated rings. The third-order valence-corrected chi connectivity index (χ3v) is 3.80. The monoisotopic (exact) mass is 236 g/mol. The van der Waals surface area contributed by atoms with E-state index >= 15 is 0 Å². The second-order valence-electron chi connectivity index (χ2n) is 3.13. The van der Waals surface area contributed by atoms with Gasteiger partial charge in [-0.3, -0.25) is 9.59 Å². The summed E-state index contributed by atoms with van der Waals surface area (Å²) in [5, 5.41) is 3.95. The summed E-state index contributed by atoms with van der Waals surface area (Å²) < 4.78 is 0. The first-order chi connectivity index (χ1) is 7.31. The first kappa shape index (κ1) is 10.3. The third-order valence-electron chi connectivity index (χ3n) is 1.99. The number of rotatable bonds is 4. The molecule has 0 saturated carbocycles. The molecule has 0 aliphatic carbocycles. The second-order valence-corrected chi connectivity index (χ2v) is 5.01. The zero-order chi connectivity index (χ0) is 10.7. The fourth-order valence-corrected chi connectivity index (χ4v) is 2.76. The van der Waals surface area contributed by atoms with Crippen molar-refractivity contribution in [3.8, 4) is 0 Å². The number of carbonyl (C=O) groups excluding carboxylic acids is 2. The largest absolute Gasteiger partial charge is 0.297 e. The van der Waals surface area contributed by atoms with Crippen molar-refractivity contribution in [2.45, 2.75) is 6.42 Å². The Bertz CT molecular complexity index is 438. The Balaban J connectivity index is 2.13. The summed E-state index contributed by atoms with van der Waals surface area (Å²) >= 11 is 2.89. The average molecular weight is 236 g/mol. The van der Waals surface area contributed by atoms with Gasteiger partial charge in [-0.1, -0.05) is 0 Å². The fraction of sp³-hybridized carbons (Fsp3) is 0.0909. The summed E-state index contributed by atoms with van der Waals surface area (Å²) in [5.74, 6) is 0. The zero-order valence-corrected chi connectivity index (χ0v) is 9.44. The summed E-state index contributed by atoms with van der Waals surface area (Å²) in [4.78, 5) is 22.5. The van der Waals surface area contributed by atoms with Crippen LogP contribution in [0.25, 0.3) is 0 Å². The molecule has 76 valence electrons. The van der Waals surface area contributed by atoms with E-state index in [1.54, 1.807) is 0 Å². The number of hydrogen-bond acceptors (Lipinski definition) is 4. The highest BCUT2D eigenvalue weighted by Crippen LogP contribution is 2.19. The lowest BCUT2D eigenvalue weighted by Crippen LogP contribution is -1.81. The Morgan fingerprint density at radius 1 is 0.933 bits per heavy atom. The van der Waals surface area contributed by atoms with Crippen LogP contribution in [0.5, 0.6) is 0 Å². The van der Waals surface area contributed by atoms with E-state index < -0.39 is 0 Å². The van der Waals surface area contributed by atoms with Crippen LogP contribution in [-0.2, 0) is 6.42 Å². The van der Waals surface area contributed by atoms with Gasteiger partial charge in [-0.15, -0.1) is 22.7 Å². The summed E-state index contributed by atoms with van der Waals surface area (Å²) in [6, 6.07) is 3.77. The molecule has 0 N–H and O–H groups in total. The number of carbonyl (C=O) groups is 2. The molecular formula is C11H8O2S2. The van der Waals surface area contributed by atoms with E-state index in [1.165, 1.54) is 22.7 Å². The Morgan fingerprint density at radius 3 is 1.73 bits per heavy atom. The molecule has 0 spiro atoms. The summed E-state index contributed by atoms with van der Waals surface area (Å²) in [5.41, 5.74) is 2.25. The van der Waals surface area contributed by atoms with Crippen molar-refractivity contribution in [3.05, 3.63) is 43.8 Å². The SMILES string of the molecule is O=Cc1cc(Cc2csc(C=O)c2)cs1. The smallest absolute Gasteiger partial charge is 0.160 e. The van der Waals surface area contributed by atoms with Gasteiger partial charge in [-0.05, 0) is 40.4 Å². The van der Waals surface area contributed by atoms with Gasteiger partial charge in [0.25, 0.3) is 0 Å². The molecule has 0 aliphatic rings. The maximum atomic E-state index is 10.5. The van der Waals surface area contributed by atoms with Gasteiger partial charge in [0, 0.05) is 0 Å². The normalized spacial score (nSPS) is 10.1. The summed E-state index contributed by atoms with van der Waals surface area (Å²) in [6.45, 7) is 0. The number of aldehydes is 2. The highest BCUT2D eigenvalue weighted by atomic mass is 32.1. The first-order valence-corrected chi connectivity index (χ1v) is 6.13. The Morgan fingerprint density at radius 2 is 1.40 bits per heavy atom. The lowest BCUT2D eigenvalue weighted by atomic mass is 10.1. The highest BCUT2D eigenvalue weighted by molar-refractivity contribution is 7.12. The van der Waals surface area contributed by atoms with Crippen LogP contribution in [-0.4, -0.2) is 12.6 Å². The third kappa shape index (κ3) is 2.40. The van der Waals surface area contributed by atoms with Gasteiger partial charge < -0.3 is 0 Å². The standard InChI is InChI=1S/C11H8O2S2/c12-4-10-2-8(6-14-10)1-9-3-11(5-13)15-7-9/h2-7H,1H2. The van der Waals surface area contributed by atoms with E-state index in [4.69, 9.17) is 0 Å². The second kappa shape index (κ2) is 4.51. The molecule has 4 heteroatoms. The van der Waals surface area contributed by atoms with Crippen molar-refractivity contribution >= 4 is 35.2 Å². The van der Waals surface area contributed by atoms with Crippen molar-refractivity contribution in [2.24, 2.45) is 0 Å². The van der Waals surface area contributed by atoms with Crippen LogP contribution in [0.1, 0.15) is 30.5 Å². The van der Waals surface area contributed by atoms with E-state index in [0.717, 1.165) is 39.9 Å². The van der Waals surface area contributed by atoms with Gasteiger partial charge in [0.2, 0.25) is 0 Å². The minimum Gasteiger partial charge on any atom is -0.297 e. The predicted octanol–water partition coefficient (Wildman–Crippen LogP) is 3.03. The predicted molar refractivity (Wildman–Crippen MR) is 62.2 cm³/mol. The van der Waals surface area contributed by atoms with E-state index in [1.807, 2.05) is 22.9 Å². The lowest BCUT2D eigenvalue weighted by molar-refractivity contribution is 0.111. The molecule has 0 aliphatic heterocycles. The molecule has 0 unspecified atom stereocenters. The zero-order valence-electron chi connectivity index (χ0n) is 7.80. The molecule has 2 nitrogen and oxygen atoms in total. The minimum absolute atomic E-state index is 0.746.